The van der Waals surface area contributed by atoms with E-state index in [-0.39, 0.29) is 11.7 Å². The van der Waals surface area contributed by atoms with Gasteiger partial charge in [-0.25, -0.2) is 4.68 Å². The zero-order chi connectivity index (χ0) is 19.6. The lowest BCUT2D eigenvalue weighted by atomic mass is 10.1. The van der Waals surface area contributed by atoms with E-state index in [1.807, 2.05) is 56.3 Å². The molecule has 0 fully saturated rings. The Labute approximate surface area is 165 Å². The normalized spacial score (nSPS) is 11.8. The summed E-state index contributed by atoms with van der Waals surface area (Å²) in [7, 11) is 1.59. The Morgan fingerprint density at radius 1 is 1.19 bits per heavy atom. The Bertz CT molecular complexity index is 1130. The molecule has 0 aliphatic rings. The van der Waals surface area contributed by atoms with Gasteiger partial charge in [-0.3, -0.25) is 9.89 Å². The molecule has 1 aromatic heterocycles. The minimum atomic E-state index is -0.167. The third kappa shape index (κ3) is 4.17. The molecule has 0 saturated heterocycles. The van der Waals surface area contributed by atoms with Gasteiger partial charge in [-0.1, -0.05) is 34.6 Å². The largest absolute Gasteiger partial charge is 0.493 e. The molecule has 0 bridgehead atoms. The summed E-state index contributed by atoms with van der Waals surface area (Å²) in [5.41, 5.74) is 1.39. The molecule has 5 nitrogen and oxygen atoms in total. The van der Waals surface area contributed by atoms with Gasteiger partial charge in [-0.05, 0) is 55.8 Å². The van der Waals surface area contributed by atoms with E-state index in [1.54, 1.807) is 13.2 Å². The number of rotatable bonds is 5. The number of H-pyrrole nitrogens is 1. The lowest BCUT2D eigenvalue weighted by Crippen LogP contribution is -2.33. The lowest BCUT2D eigenvalue weighted by molar-refractivity contribution is 0.230. The standard InChI is InChI=1S/C21H21BrN2O3/c1-13(2)27-19-9-8-15(11-20(19)26-4)10-18-14(3)23-24(21(18)25)17-7-5-6-16(22)12-17/h5-13,23H,3H2,1-2,4H3/b18-10-. The second-order valence-corrected chi connectivity index (χ2v) is 7.26. The molecule has 1 N–H and O–H groups in total. The maximum atomic E-state index is 12.9. The van der Waals surface area contributed by atoms with Gasteiger partial charge in [0.25, 0.3) is 5.56 Å². The first-order valence-corrected chi connectivity index (χ1v) is 9.30. The second-order valence-electron chi connectivity index (χ2n) is 6.35. The number of aromatic amines is 1. The van der Waals surface area contributed by atoms with Crippen molar-refractivity contribution in [3.63, 3.8) is 0 Å². The van der Waals surface area contributed by atoms with Crippen LogP contribution in [0.1, 0.15) is 19.4 Å². The first-order valence-electron chi connectivity index (χ1n) is 8.51. The van der Waals surface area contributed by atoms with E-state index in [9.17, 15) is 4.79 Å². The van der Waals surface area contributed by atoms with Crippen LogP contribution in [-0.2, 0) is 0 Å². The van der Waals surface area contributed by atoms with Crippen molar-refractivity contribution in [1.82, 2.24) is 9.78 Å². The minimum absolute atomic E-state index is 0.0437. The van der Waals surface area contributed by atoms with Crippen LogP contribution in [-0.4, -0.2) is 23.0 Å². The van der Waals surface area contributed by atoms with Gasteiger partial charge in [-0.2, -0.15) is 0 Å². The van der Waals surface area contributed by atoms with Crippen LogP contribution >= 0.6 is 15.9 Å². The van der Waals surface area contributed by atoms with Crippen molar-refractivity contribution in [2.75, 3.05) is 7.11 Å². The number of ether oxygens (including phenoxy) is 2. The average molecular weight is 429 g/mol. The number of halogens is 1. The predicted molar refractivity (Wildman–Crippen MR) is 111 cm³/mol. The van der Waals surface area contributed by atoms with Gasteiger partial charge in [0.2, 0.25) is 0 Å². The molecule has 27 heavy (non-hydrogen) atoms. The summed E-state index contributed by atoms with van der Waals surface area (Å²) in [5, 5.41) is 4.07. The molecule has 0 aliphatic carbocycles. The fourth-order valence-corrected chi connectivity index (χ4v) is 3.12. The maximum Gasteiger partial charge on any atom is 0.279 e. The molecule has 0 radical (unpaired) electrons. The number of hydrogen-bond acceptors (Lipinski definition) is 3. The molecular formula is C21H21BrN2O3. The molecule has 0 amide bonds. The van der Waals surface area contributed by atoms with Crippen LogP contribution in [0.15, 0.2) is 51.7 Å². The van der Waals surface area contributed by atoms with Gasteiger partial charge in [-0.15, -0.1) is 0 Å². The number of aromatic nitrogens is 2. The Morgan fingerprint density at radius 3 is 2.63 bits per heavy atom. The molecule has 0 saturated carbocycles. The van der Waals surface area contributed by atoms with Crippen molar-refractivity contribution < 1.29 is 9.47 Å². The van der Waals surface area contributed by atoms with Crippen LogP contribution in [0.4, 0.5) is 0 Å². The van der Waals surface area contributed by atoms with E-state index in [0.717, 1.165) is 15.7 Å². The van der Waals surface area contributed by atoms with Crippen molar-refractivity contribution in [3.05, 3.63) is 73.4 Å². The van der Waals surface area contributed by atoms with Crippen LogP contribution in [0.2, 0.25) is 0 Å². The van der Waals surface area contributed by atoms with Crippen molar-refractivity contribution in [3.8, 4) is 17.2 Å². The van der Waals surface area contributed by atoms with E-state index < -0.39 is 0 Å². The molecule has 140 valence electrons. The third-order valence-electron chi connectivity index (χ3n) is 3.93. The minimum Gasteiger partial charge on any atom is -0.493 e. The fraction of sp³-hybridized carbons (Fsp3) is 0.190. The topological polar surface area (TPSA) is 56.2 Å². The van der Waals surface area contributed by atoms with Gasteiger partial charge in [0.05, 0.1) is 29.5 Å². The van der Waals surface area contributed by atoms with Crippen LogP contribution in [0.5, 0.6) is 11.5 Å². The molecule has 0 aliphatic heterocycles. The lowest BCUT2D eigenvalue weighted by Gasteiger charge is -2.13. The molecule has 0 atom stereocenters. The highest BCUT2D eigenvalue weighted by Crippen LogP contribution is 2.29. The van der Waals surface area contributed by atoms with Crippen molar-refractivity contribution in [2.24, 2.45) is 0 Å². The van der Waals surface area contributed by atoms with Crippen LogP contribution in [0.3, 0.4) is 0 Å². The van der Waals surface area contributed by atoms with Crippen molar-refractivity contribution in [2.45, 2.75) is 20.0 Å². The predicted octanol–water partition coefficient (Wildman–Crippen LogP) is 2.96. The first-order chi connectivity index (χ1) is 12.9. The summed E-state index contributed by atoms with van der Waals surface area (Å²) < 4.78 is 13.5. The molecule has 0 spiro atoms. The maximum absolute atomic E-state index is 12.9. The first kappa shape index (κ1) is 19.0. The number of hydrogen-bond donors (Lipinski definition) is 1. The quantitative estimate of drug-likeness (QED) is 0.679. The van der Waals surface area contributed by atoms with Gasteiger partial charge in [0, 0.05) is 4.47 Å². The summed E-state index contributed by atoms with van der Waals surface area (Å²) in [6, 6.07) is 13.1. The average Bonchev–Trinajstić information content (AvgIpc) is 2.90. The highest BCUT2D eigenvalue weighted by atomic mass is 79.9. The van der Waals surface area contributed by atoms with Crippen LogP contribution in [0, 0.1) is 0 Å². The van der Waals surface area contributed by atoms with Gasteiger partial charge in [0.15, 0.2) is 11.5 Å². The highest BCUT2D eigenvalue weighted by Gasteiger charge is 2.08. The smallest absolute Gasteiger partial charge is 0.279 e. The van der Waals surface area contributed by atoms with E-state index in [1.165, 1.54) is 4.68 Å². The fourth-order valence-electron chi connectivity index (χ4n) is 2.73. The molecule has 3 rings (SSSR count). The van der Waals surface area contributed by atoms with Gasteiger partial charge >= 0.3 is 0 Å². The molecule has 0 unspecified atom stereocenters. The molecule has 6 heteroatoms. The Hall–Kier alpha value is -2.73. The Balaban J connectivity index is 2.08. The summed E-state index contributed by atoms with van der Waals surface area (Å²) in [6.07, 6.45) is 1.83. The Morgan fingerprint density at radius 2 is 1.96 bits per heavy atom. The zero-order valence-electron chi connectivity index (χ0n) is 15.5. The van der Waals surface area contributed by atoms with E-state index in [4.69, 9.17) is 9.47 Å². The summed E-state index contributed by atoms with van der Waals surface area (Å²) in [4.78, 5) is 12.9. The molecule has 1 heterocycles. The SMILES string of the molecule is C=c1[nH]n(-c2cccc(Br)c2)c(=O)/c1=C\c1ccc(OC(C)C)c(OC)c1. The van der Waals surface area contributed by atoms with Gasteiger partial charge < -0.3 is 9.47 Å². The van der Waals surface area contributed by atoms with E-state index in [2.05, 4.69) is 27.6 Å². The van der Waals surface area contributed by atoms with Crippen molar-refractivity contribution in [1.29, 1.82) is 0 Å². The second kappa shape index (κ2) is 7.88. The van der Waals surface area contributed by atoms with E-state index in [0.29, 0.717) is 22.1 Å². The summed E-state index contributed by atoms with van der Waals surface area (Å²) in [5.74, 6) is 1.28. The number of benzene rings is 2. The summed E-state index contributed by atoms with van der Waals surface area (Å²) in [6.45, 7) is 7.88. The Kier molecular flexibility index (Phi) is 5.56. The molecule has 3 aromatic rings. The summed E-state index contributed by atoms with van der Waals surface area (Å²) >= 11 is 3.42. The van der Waals surface area contributed by atoms with Gasteiger partial charge in [0.1, 0.15) is 0 Å². The van der Waals surface area contributed by atoms with Crippen molar-refractivity contribution >= 4 is 28.6 Å². The number of nitrogens with one attached hydrogen (secondary N) is 1. The molecule has 2 aromatic carbocycles. The third-order valence-corrected chi connectivity index (χ3v) is 4.43. The van der Waals surface area contributed by atoms with Crippen LogP contribution < -0.4 is 25.6 Å². The number of nitrogens with zero attached hydrogens (tertiary/aromatic N) is 1. The number of methoxy groups -OCH3 is 1. The molecular weight excluding hydrogens is 408 g/mol. The van der Waals surface area contributed by atoms with Crippen LogP contribution in [0.25, 0.3) is 18.3 Å². The van der Waals surface area contributed by atoms with E-state index >= 15 is 0 Å². The zero-order valence-corrected chi connectivity index (χ0v) is 17.0. The monoisotopic (exact) mass is 428 g/mol. The highest BCUT2D eigenvalue weighted by molar-refractivity contribution is 9.10.